The first-order valence-electron chi connectivity index (χ1n) is 9.28. The number of carbonyl (C=O) groups is 1. The fraction of sp³-hybridized carbons (Fsp3) is 0.476. The van der Waals surface area contributed by atoms with Crippen molar-refractivity contribution in [3.05, 3.63) is 52.1 Å². The standard InChI is InChI=1S/C21H26O6S/c1-14-9-18(27-7-4-8-28(3,23)24)10-17-13-26-12-16-6-5-15(21(22)25-2)11-19(16)20(14)17/h5-6,9-10,19H,4,7-8,11-13H2,1-3H3. The van der Waals surface area contributed by atoms with E-state index in [0.717, 1.165) is 16.7 Å². The lowest BCUT2D eigenvalue weighted by atomic mass is 9.79. The van der Waals surface area contributed by atoms with Gasteiger partial charge in [-0.25, -0.2) is 13.2 Å². The Balaban J connectivity index is 1.81. The van der Waals surface area contributed by atoms with Gasteiger partial charge in [0.2, 0.25) is 0 Å². The van der Waals surface area contributed by atoms with E-state index in [0.29, 0.717) is 44.0 Å². The first-order chi connectivity index (χ1) is 13.3. The van der Waals surface area contributed by atoms with Crippen LogP contribution >= 0.6 is 0 Å². The maximum Gasteiger partial charge on any atom is 0.333 e. The second-order valence-corrected chi connectivity index (χ2v) is 9.58. The SMILES string of the molecule is COC(=O)C1=CC=C2COCc3cc(OCCCS(C)(=O)=O)cc(C)c3C2C1. The van der Waals surface area contributed by atoms with Gasteiger partial charge in [0.05, 0.1) is 32.7 Å². The highest BCUT2D eigenvalue weighted by Crippen LogP contribution is 2.41. The molecular weight excluding hydrogens is 380 g/mol. The largest absolute Gasteiger partial charge is 0.494 e. The van der Waals surface area contributed by atoms with Crippen molar-refractivity contribution in [3.8, 4) is 5.75 Å². The van der Waals surface area contributed by atoms with Gasteiger partial charge < -0.3 is 14.2 Å². The van der Waals surface area contributed by atoms with Crippen LogP contribution in [0, 0.1) is 6.92 Å². The Morgan fingerprint density at radius 3 is 2.75 bits per heavy atom. The molecule has 6 nitrogen and oxygen atoms in total. The zero-order valence-electron chi connectivity index (χ0n) is 16.5. The van der Waals surface area contributed by atoms with Crippen LogP contribution < -0.4 is 4.74 Å². The first kappa shape index (κ1) is 20.6. The van der Waals surface area contributed by atoms with E-state index >= 15 is 0 Å². The van der Waals surface area contributed by atoms with Gasteiger partial charge in [0.15, 0.2) is 0 Å². The Labute approximate surface area is 166 Å². The molecule has 0 amide bonds. The summed E-state index contributed by atoms with van der Waals surface area (Å²) >= 11 is 0. The van der Waals surface area contributed by atoms with Crippen LogP contribution in [0.1, 0.15) is 35.4 Å². The quantitative estimate of drug-likeness (QED) is 0.534. The van der Waals surface area contributed by atoms with Crippen molar-refractivity contribution < 1.29 is 27.4 Å². The molecule has 7 heteroatoms. The number of allylic oxidation sites excluding steroid dienone is 2. The van der Waals surface area contributed by atoms with Crippen LogP contribution in [0.2, 0.25) is 0 Å². The van der Waals surface area contributed by atoms with Gasteiger partial charge in [0, 0.05) is 17.7 Å². The number of esters is 1. The third-order valence-corrected chi connectivity index (χ3v) is 6.10. The summed E-state index contributed by atoms with van der Waals surface area (Å²) in [4.78, 5) is 12.0. The van der Waals surface area contributed by atoms with Crippen LogP contribution in [0.4, 0.5) is 0 Å². The highest BCUT2D eigenvalue weighted by atomic mass is 32.2. The fourth-order valence-corrected chi connectivity index (χ4v) is 4.43. The minimum Gasteiger partial charge on any atom is -0.494 e. The predicted octanol–water partition coefficient (Wildman–Crippen LogP) is 2.85. The van der Waals surface area contributed by atoms with E-state index in [4.69, 9.17) is 14.2 Å². The van der Waals surface area contributed by atoms with E-state index in [1.807, 2.05) is 31.2 Å². The minimum atomic E-state index is -2.98. The lowest BCUT2D eigenvalue weighted by Crippen LogP contribution is -2.16. The normalized spacial score (nSPS) is 18.9. The number of aryl methyl sites for hydroxylation is 1. The molecule has 0 bridgehead atoms. The molecular formula is C21H26O6S. The van der Waals surface area contributed by atoms with Crippen molar-refractivity contribution in [1.82, 2.24) is 0 Å². The molecule has 0 radical (unpaired) electrons. The summed E-state index contributed by atoms with van der Waals surface area (Å²) in [6.45, 7) is 3.36. The second-order valence-electron chi connectivity index (χ2n) is 7.32. The van der Waals surface area contributed by atoms with Crippen LogP contribution in [0.3, 0.4) is 0 Å². The van der Waals surface area contributed by atoms with Crippen LogP contribution in [0.5, 0.6) is 5.75 Å². The Bertz CT molecular complexity index is 926. The Morgan fingerprint density at radius 2 is 2.04 bits per heavy atom. The summed E-state index contributed by atoms with van der Waals surface area (Å²) in [5.41, 5.74) is 5.09. The summed E-state index contributed by atoms with van der Waals surface area (Å²) in [5.74, 6) is 0.598. The van der Waals surface area contributed by atoms with Gasteiger partial charge in [-0.15, -0.1) is 0 Å². The van der Waals surface area contributed by atoms with Crippen molar-refractivity contribution in [2.24, 2.45) is 0 Å². The van der Waals surface area contributed by atoms with Crippen LogP contribution in [-0.4, -0.2) is 46.7 Å². The van der Waals surface area contributed by atoms with Gasteiger partial charge in [0.1, 0.15) is 15.6 Å². The Kier molecular flexibility index (Phi) is 6.25. The molecule has 28 heavy (non-hydrogen) atoms. The Morgan fingerprint density at radius 1 is 1.25 bits per heavy atom. The number of hydrogen-bond acceptors (Lipinski definition) is 6. The van der Waals surface area contributed by atoms with E-state index in [1.165, 1.54) is 18.9 Å². The molecule has 1 aromatic rings. The van der Waals surface area contributed by atoms with Crippen molar-refractivity contribution in [2.75, 3.05) is 32.3 Å². The molecule has 0 saturated heterocycles. The zero-order chi connectivity index (χ0) is 20.3. The summed E-state index contributed by atoms with van der Waals surface area (Å²) in [5, 5.41) is 0. The molecule has 3 rings (SSSR count). The number of rotatable bonds is 6. The highest BCUT2D eigenvalue weighted by Gasteiger charge is 2.30. The molecule has 1 aliphatic carbocycles. The molecule has 1 unspecified atom stereocenters. The van der Waals surface area contributed by atoms with Crippen LogP contribution in [-0.2, 0) is 30.7 Å². The summed E-state index contributed by atoms with van der Waals surface area (Å²) < 4.78 is 39.0. The van der Waals surface area contributed by atoms with Crippen LogP contribution in [0.15, 0.2) is 35.4 Å². The average molecular weight is 407 g/mol. The van der Waals surface area contributed by atoms with Crippen LogP contribution in [0.25, 0.3) is 0 Å². The highest BCUT2D eigenvalue weighted by molar-refractivity contribution is 7.90. The molecule has 1 aromatic carbocycles. The number of methoxy groups -OCH3 is 1. The molecule has 0 saturated carbocycles. The van der Waals surface area contributed by atoms with Crippen molar-refractivity contribution in [1.29, 1.82) is 0 Å². The lowest BCUT2D eigenvalue weighted by molar-refractivity contribution is -0.136. The molecule has 1 heterocycles. The number of carbonyl (C=O) groups excluding carboxylic acids is 1. The molecule has 0 fully saturated rings. The number of ether oxygens (including phenoxy) is 3. The molecule has 152 valence electrons. The first-order valence-corrected chi connectivity index (χ1v) is 11.3. The van der Waals surface area contributed by atoms with E-state index in [9.17, 15) is 13.2 Å². The van der Waals surface area contributed by atoms with Gasteiger partial charge in [0.25, 0.3) is 0 Å². The number of benzene rings is 1. The number of sulfone groups is 1. The molecule has 0 N–H and O–H groups in total. The Hall–Kier alpha value is -2.12. The smallest absolute Gasteiger partial charge is 0.333 e. The van der Waals surface area contributed by atoms with Gasteiger partial charge in [-0.05, 0) is 54.2 Å². The molecule has 2 aliphatic rings. The third kappa shape index (κ3) is 4.83. The molecule has 1 atom stereocenters. The zero-order valence-corrected chi connectivity index (χ0v) is 17.3. The lowest BCUT2D eigenvalue weighted by Gasteiger charge is -2.25. The predicted molar refractivity (Wildman–Crippen MR) is 106 cm³/mol. The second kappa shape index (κ2) is 8.49. The van der Waals surface area contributed by atoms with E-state index in [2.05, 4.69) is 0 Å². The molecule has 0 spiro atoms. The number of fused-ring (bicyclic) bond motifs is 3. The fourth-order valence-electron chi connectivity index (χ4n) is 3.79. The maximum absolute atomic E-state index is 12.0. The van der Waals surface area contributed by atoms with E-state index in [1.54, 1.807) is 0 Å². The third-order valence-electron chi connectivity index (χ3n) is 5.07. The minimum absolute atomic E-state index is 0.0795. The van der Waals surface area contributed by atoms with Gasteiger partial charge >= 0.3 is 5.97 Å². The van der Waals surface area contributed by atoms with Gasteiger partial charge in [-0.3, -0.25) is 0 Å². The monoisotopic (exact) mass is 406 g/mol. The molecule has 1 aliphatic heterocycles. The summed E-state index contributed by atoms with van der Waals surface area (Å²) in [6.07, 6.45) is 6.05. The average Bonchev–Trinajstić information content (AvgIpc) is 2.82. The van der Waals surface area contributed by atoms with E-state index < -0.39 is 9.84 Å². The molecule has 0 aromatic heterocycles. The summed E-state index contributed by atoms with van der Waals surface area (Å²) in [6, 6.07) is 3.93. The topological polar surface area (TPSA) is 78.9 Å². The van der Waals surface area contributed by atoms with Crippen molar-refractivity contribution in [3.63, 3.8) is 0 Å². The summed E-state index contributed by atoms with van der Waals surface area (Å²) in [7, 11) is -1.59. The maximum atomic E-state index is 12.0. The van der Waals surface area contributed by atoms with Gasteiger partial charge in [-0.1, -0.05) is 12.2 Å². The van der Waals surface area contributed by atoms with E-state index in [-0.39, 0.29) is 17.6 Å². The van der Waals surface area contributed by atoms with Crippen molar-refractivity contribution >= 4 is 15.8 Å². The van der Waals surface area contributed by atoms with Crippen molar-refractivity contribution in [2.45, 2.75) is 32.3 Å². The number of hydrogen-bond donors (Lipinski definition) is 0. The van der Waals surface area contributed by atoms with Gasteiger partial charge in [-0.2, -0.15) is 0 Å².